The molecule has 2 atom stereocenters. The first-order chi connectivity index (χ1) is 6.63. The fraction of sp³-hybridized carbons (Fsp3) is 0.778. The molecular formula is C9H18N2O4. The largest absolute Gasteiger partial charge is 0.444 e. The Bertz CT molecular complexity index is 245. The Balaban J connectivity index is 4.31. The molecule has 0 radical (unpaired) electrons. The van der Waals surface area contributed by atoms with Crippen molar-refractivity contribution < 1.29 is 19.4 Å². The van der Waals surface area contributed by atoms with E-state index in [0.29, 0.717) is 0 Å². The van der Waals surface area contributed by atoms with E-state index >= 15 is 0 Å². The van der Waals surface area contributed by atoms with Crippen molar-refractivity contribution in [1.82, 2.24) is 5.32 Å². The Morgan fingerprint density at radius 2 is 1.87 bits per heavy atom. The summed E-state index contributed by atoms with van der Waals surface area (Å²) in [6.07, 6.45) is -1.85. The van der Waals surface area contributed by atoms with Crippen molar-refractivity contribution in [3.8, 4) is 0 Å². The van der Waals surface area contributed by atoms with Crippen LogP contribution in [0.15, 0.2) is 0 Å². The van der Waals surface area contributed by atoms with E-state index in [9.17, 15) is 9.59 Å². The van der Waals surface area contributed by atoms with Crippen LogP contribution in [0.4, 0.5) is 4.79 Å². The van der Waals surface area contributed by atoms with Crippen LogP contribution in [-0.4, -0.2) is 34.9 Å². The Labute approximate surface area is 88.8 Å². The summed E-state index contributed by atoms with van der Waals surface area (Å²) in [6.45, 7) is 6.42. The molecule has 0 bridgehead atoms. The lowest BCUT2D eigenvalue weighted by Crippen LogP contribution is -2.51. The molecule has 0 saturated carbocycles. The summed E-state index contributed by atoms with van der Waals surface area (Å²) in [5, 5.41) is 11.3. The van der Waals surface area contributed by atoms with E-state index in [1.54, 1.807) is 20.8 Å². The number of aliphatic hydroxyl groups is 1. The van der Waals surface area contributed by atoms with E-state index in [1.165, 1.54) is 6.92 Å². The van der Waals surface area contributed by atoms with Crippen LogP contribution in [-0.2, 0) is 9.53 Å². The molecule has 0 aromatic carbocycles. The molecule has 1 unspecified atom stereocenters. The van der Waals surface area contributed by atoms with Gasteiger partial charge >= 0.3 is 6.09 Å². The molecule has 0 heterocycles. The van der Waals surface area contributed by atoms with E-state index < -0.39 is 29.7 Å². The molecule has 6 heteroatoms. The molecule has 15 heavy (non-hydrogen) atoms. The molecule has 0 aliphatic rings. The molecule has 0 aromatic heterocycles. The number of primary amides is 1. The predicted octanol–water partition coefficient (Wildman–Crippen LogP) is -0.254. The van der Waals surface area contributed by atoms with Crippen molar-refractivity contribution >= 4 is 12.0 Å². The van der Waals surface area contributed by atoms with Crippen LogP contribution in [0.5, 0.6) is 0 Å². The standard InChI is InChI=1S/C9H18N2O4/c1-5(12)6(7(10)13)11-8(14)15-9(2,3)4/h5-6,12H,1-4H3,(H2,10,13)(H,11,14)/t5?,6-/m0/s1. The van der Waals surface area contributed by atoms with Gasteiger partial charge in [0.15, 0.2) is 0 Å². The topological polar surface area (TPSA) is 102 Å². The lowest BCUT2D eigenvalue weighted by molar-refractivity contribution is -0.122. The van der Waals surface area contributed by atoms with Gasteiger partial charge in [-0.15, -0.1) is 0 Å². The predicted molar refractivity (Wildman–Crippen MR) is 54.0 cm³/mol. The van der Waals surface area contributed by atoms with Crippen LogP contribution in [0, 0.1) is 0 Å². The van der Waals surface area contributed by atoms with Gasteiger partial charge in [0.05, 0.1) is 6.10 Å². The minimum Gasteiger partial charge on any atom is -0.444 e. The van der Waals surface area contributed by atoms with Crippen LogP contribution in [0.3, 0.4) is 0 Å². The minimum atomic E-state index is -1.14. The molecule has 4 N–H and O–H groups in total. The Kier molecular flexibility index (Phi) is 4.54. The van der Waals surface area contributed by atoms with Gasteiger partial charge in [0.25, 0.3) is 0 Å². The first kappa shape index (κ1) is 13.7. The normalized spacial score (nSPS) is 15.3. The Hall–Kier alpha value is -1.30. The lowest BCUT2D eigenvalue weighted by Gasteiger charge is -2.23. The highest BCUT2D eigenvalue weighted by atomic mass is 16.6. The maximum absolute atomic E-state index is 11.2. The third kappa shape index (κ3) is 5.90. The van der Waals surface area contributed by atoms with Crippen molar-refractivity contribution in [2.24, 2.45) is 5.73 Å². The fourth-order valence-electron chi connectivity index (χ4n) is 0.864. The number of nitrogens with two attached hydrogens (primary N) is 1. The van der Waals surface area contributed by atoms with Gasteiger partial charge in [-0.25, -0.2) is 4.79 Å². The molecule has 0 aromatic rings. The summed E-state index contributed by atoms with van der Waals surface area (Å²) in [5.41, 5.74) is 4.32. The van der Waals surface area contributed by atoms with Gasteiger partial charge in [0.1, 0.15) is 11.6 Å². The molecule has 0 fully saturated rings. The van der Waals surface area contributed by atoms with Crippen molar-refractivity contribution in [1.29, 1.82) is 0 Å². The Morgan fingerprint density at radius 1 is 1.40 bits per heavy atom. The smallest absolute Gasteiger partial charge is 0.408 e. The van der Waals surface area contributed by atoms with Crippen molar-refractivity contribution in [3.05, 3.63) is 0 Å². The summed E-state index contributed by atoms with van der Waals surface area (Å²) in [4.78, 5) is 22.1. The van der Waals surface area contributed by atoms with Crippen molar-refractivity contribution in [2.75, 3.05) is 0 Å². The molecule has 0 spiro atoms. The van der Waals surface area contributed by atoms with E-state index in [-0.39, 0.29) is 0 Å². The monoisotopic (exact) mass is 218 g/mol. The number of aliphatic hydroxyl groups excluding tert-OH is 1. The second-order valence-corrected chi connectivity index (χ2v) is 4.27. The number of carbonyl (C=O) groups excluding carboxylic acids is 2. The third-order valence-electron chi connectivity index (χ3n) is 1.46. The summed E-state index contributed by atoms with van der Waals surface area (Å²) in [7, 11) is 0. The lowest BCUT2D eigenvalue weighted by atomic mass is 10.2. The zero-order valence-electron chi connectivity index (χ0n) is 9.40. The van der Waals surface area contributed by atoms with Gasteiger partial charge in [-0.1, -0.05) is 0 Å². The first-order valence-electron chi connectivity index (χ1n) is 4.60. The van der Waals surface area contributed by atoms with Gasteiger partial charge in [-0.2, -0.15) is 0 Å². The maximum atomic E-state index is 11.2. The number of nitrogens with one attached hydrogen (secondary N) is 1. The molecule has 88 valence electrons. The van der Waals surface area contributed by atoms with E-state index in [1.807, 2.05) is 0 Å². The quantitative estimate of drug-likeness (QED) is 0.607. The highest BCUT2D eigenvalue weighted by molar-refractivity contribution is 5.84. The second kappa shape index (κ2) is 4.97. The first-order valence-corrected chi connectivity index (χ1v) is 4.60. The maximum Gasteiger partial charge on any atom is 0.408 e. The number of rotatable bonds is 3. The summed E-state index contributed by atoms with van der Waals surface area (Å²) < 4.78 is 4.90. The molecule has 2 amide bonds. The number of ether oxygens (including phenoxy) is 1. The van der Waals surface area contributed by atoms with Gasteiger partial charge in [-0.3, -0.25) is 4.79 Å². The van der Waals surface area contributed by atoms with Crippen molar-refractivity contribution in [2.45, 2.75) is 45.4 Å². The van der Waals surface area contributed by atoms with Gasteiger partial charge in [-0.05, 0) is 27.7 Å². The van der Waals surface area contributed by atoms with Gasteiger partial charge < -0.3 is 20.9 Å². The molecule has 6 nitrogen and oxygen atoms in total. The average molecular weight is 218 g/mol. The average Bonchev–Trinajstić information content (AvgIpc) is 1.95. The highest BCUT2D eigenvalue weighted by Crippen LogP contribution is 2.07. The minimum absolute atomic E-state index is 0.662. The van der Waals surface area contributed by atoms with Crippen LogP contribution < -0.4 is 11.1 Å². The van der Waals surface area contributed by atoms with Crippen LogP contribution >= 0.6 is 0 Å². The third-order valence-corrected chi connectivity index (χ3v) is 1.46. The number of hydrogen-bond acceptors (Lipinski definition) is 4. The number of carbonyl (C=O) groups is 2. The van der Waals surface area contributed by atoms with E-state index in [0.717, 1.165) is 0 Å². The molecule has 0 saturated heterocycles. The molecule has 0 aliphatic heterocycles. The number of alkyl carbamates (subject to hydrolysis) is 1. The SMILES string of the molecule is CC(O)[C@H](NC(=O)OC(C)(C)C)C(N)=O. The molecule has 0 aliphatic carbocycles. The summed E-state index contributed by atoms with van der Waals surface area (Å²) >= 11 is 0. The fourth-order valence-corrected chi connectivity index (χ4v) is 0.864. The molecule has 0 rings (SSSR count). The summed E-state index contributed by atoms with van der Waals surface area (Å²) in [5.74, 6) is -0.809. The van der Waals surface area contributed by atoms with Crippen LogP contribution in [0.2, 0.25) is 0 Å². The number of hydrogen-bond donors (Lipinski definition) is 3. The van der Waals surface area contributed by atoms with E-state index in [4.69, 9.17) is 15.6 Å². The van der Waals surface area contributed by atoms with Gasteiger partial charge in [0.2, 0.25) is 5.91 Å². The summed E-state index contributed by atoms with van der Waals surface area (Å²) in [6, 6.07) is -1.14. The Morgan fingerprint density at radius 3 is 2.13 bits per heavy atom. The van der Waals surface area contributed by atoms with Crippen LogP contribution in [0.1, 0.15) is 27.7 Å². The van der Waals surface area contributed by atoms with Crippen LogP contribution in [0.25, 0.3) is 0 Å². The van der Waals surface area contributed by atoms with E-state index in [2.05, 4.69) is 5.32 Å². The second-order valence-electron chi connectivity index (χ2n) is 4.27. The molecular weight excluding hydrogens is 200 g/mol. The van der Waals surface area contributed by atoms with Crippen molar-refractivity contribution in [3.63, 3.8) is 0 Å². The zero-order valence-corrected chi connectivity index (χ0v) is 9.40. The van der Waals surface area contributed by atoms with Gasteiger partial charge in [0, 0.05) is 0 Å². The zero-order chi connectivity index (χ0) is 12.2. The highest BCUT2D eigenvalue weighted by Gasteiger charge is 2.25. The number of amides is 2.